The number of fused-ring (bicyclic) bond motifs is 2. The Hall–Kier alpha value is -2.28. The molecule has 0 spiro atoms. The van der Waals surface area contributed by atoms with Crippen LogP contribution in [0.5, 0.6) is 0 Å². The minimum absolute atomic E-state index is 0.246. The summed E-state index contributed by atoms with van der Waals surface area (Å²) in [6.07, 6.45) is 8.37. The number of rotatable bonds is 2. The molecule has 22 heavy (non-hydrogen) atoms. The number of aryl methyl sites for hydroxylation is 1. The second-order valence-electron chi connectivity index (χ2n) is 5.64. The lowest BCUT2D eigenvalue weighted by atomic mass is 9.93. The van der Waals surface area contributed by atoms with Gasteiger partial charge in [0.25, 0.3) is 5.91 Å². The molecule has 0 bridgehead atoms. The van der Waals surface area contributed by atoms with Gasteiger partial charge in [0.15, 0.2) is 5.13 Å². The standard InChI is InChI=1S/C15H15N5OS/c1-9-3-4-10-12(7-9)22-15(18-10)19-13(21)11-8-20-6-2-5-16-14(20)17-11/h2,5-6,8-9H,3-4,7H2,1H3,(H,18,19,21). The van der Waals surface area contributed by atoms with E-state index in [1.165, 1.54) is 11.3 Å². The van der Waals surface area contributed by atoms with Crippen molar-refractivity contribution in [3.05, 3.63) is 40.9 Å². The molecule has 1 amide bonds. The third kappa shape index (κ3) is 2.37. The Bertz CT molecular complexity index is 820. The molecule has 4 rings (SSSR count). The van der Waals surface area contributed by atoms with Crippen LogP contribution in [-0.2, 0) is 12.8 Å². The predicted molar refractivity (Wildman–Crippen MR) is 84.2 cm³/mol. The average molecular weight is 313 g/mol. The van der Waals surface area contributed by atoms with Gasteiger partial charge in [-0.3, -0.25) is 14.5 Å². The molecule has 1 unspecified atom stereocenters. The monoisotopic (exact) mass is 313 g/mol. The van der Waals surface area contributed by atoms with Crippen LogP contribution >= 0.6 is 11.3 Å². The molecule has 0 saturated heterocycles. The quantitative estimate of drug-likeness (QED) is 0.789. The highest BCUT2D eigenvalue weighted by atomic mass is 32.1. The Kier molecular flexibility index (Phi) is 3.15. The second-order valence-corrected chi connectivity index (χ2v) is 6.73. The molecular formula is C15H15N5OS. The van der Waals surface area contributed by atoms with E-state index >= 15 is 0 Å². The lowest BCUT2D eigenvalue weighted by Gasteiger charge is -2.15. The number of anilines is 1. The van der Waals surface area contributed by atoms with Crippen molar-refractivity contribution in [2.45, 2.75) is 26.2 Å². The van der Waals surface area contributed by atoms with Gasteiger partial charge in [-0.15, -0.1) is 11.3 Å². The number of carbonyl (C=O) groups excluding carboxylic acids is 1. The van der Waals surface area contributed by atoms with Crippen molar-refractivity contribution in [3.63, 3.8) is 0 Å². The Labute approximate surface area is 131 Å². The van der Waals surface area contributed by atoms with Gasteiger partial charge in [-0.25, -0.2) is 15.0 Å². The van der Waals surface area contributed by atoms with E-state index in [0.717, 1.165) is 18.5 Å². The van der Waals surface area contributed by atoms with E-state index in [1.807, 2.05) is 6.20 Å². The molecule has 3 aromatic heterocycles. The van der Waals surface area contributed by atoms with Crippen molar-refractivity contribution in [3.8, 4) is 0 Å². The minimum atomic E-state index is -0.246. The Morgan fingerprint density at radius 3 is 3.23 bits per heavy atom. The van der Waals surface area contributed by atoms with Crippen LogP contribution in [0.3, 0.4) is 0 Å². The molecule has 1 atom stereocenters. The van der Waals surface area contributed by atoms with E-state index in [0.29, 0.717) is 22.5 Å². The van der Waals surface area contributed by atoms with Crippen molar-refractivity contribution in [1.82, 2.24) is 19.4 Å². The molecule has 3 aromatic rings. The van der Waals surface area contributed by atoms with E-state index in [1.54, 1.807) is 34.2 Å². The summed E-state index contributed by atoms with van der Waals surface area (Å²) in [5.74, 6) is 0.963. The maximum atomic E-state index is 12.3. The van der Waals surface area contributed by atoms with Gasteiger partial charge in [0.2, 0.25) is 5.78 Å². The second kappa shape index (κ2) is 5.17. The first-order valence-corrected chi connectivity index (χ1v) is 8.10. The molecule has 0 radical (unpaired) electrons. The Morgan fingerprint density at radius 2 is 2.36 bits per heavy atom. The van der Waals surface area contributed by atoms with Crippen LogP contribution in [0, 0.1) is 5.92 Å². The average Bonchev–Trinajstić information content (AvgIpc) is 3.09. The van der Waals surface area contributed by atoms with Gasteiger partial charge in [-0.2, -0.15) is 0 Å². The molecule has 0 aromatic carbocycles. The fourth-order valence-electron chi connectivity index (χ4n) is 2.69. The third-order valence-electron chi connectivity index (χ3n) is 3.87. The molecule has 1 aliphatic carbocycles. The minimum Gasteiger partial charge on any atom is -0.296 e. The summed E-state index contributed by atoms with van der Waals surface area (Å²) in [5.41, 5.74) is 1.48. The number of hydrogen-bond donors (Lipinski definition) is 1. The van der Waals surface area contributed by atoms with Gasteiger partial charge in [-0.1, -0.05) is 6.92 Å². The highest BCUT2D eigenvalue weighted by Gasteiger charge is 2.21. The van der Waals surface area contributed by atoms with Crippen molar-refractivity contribution >= 4 is 28.2 Å². The van der Waals surface area contributed by atoms with E-state index in [4.69, 9.17) is 0 Å². The molecule has 0 saturated carbocycles. The van der Waals surface area contributed by atoms with Crippen molar-refractivity contribution < 1.29 is 4.79 Å². The third-order valence-corrected chi connectivity index (χ3v) is 4.91. The Morgan fingerprint density at radius 1 is 1.45 bits per heavy atom. The predicted octanol–water partition coefficient (Wildman–Crippen LogP) is 2.56. The van der Waals surface area contributed by atoms with E-state index < -0.39 is 0 Å². The zero-order chi connectivity index (χ0) is 15.1. The fraction of sp³-hybridized carbons (Fsp3) is 0.333. The normalized spacial score (nSPS) is 17.4. The molecule has 0 fully saturated rings. The van der Waals surface area contributed by atoms with Crippen LogP contribution in [0.1, 0.15) is 34.4 Å². The fourth-order valence-corrected chi connectivity index (χ4v) is 3.86. The highest BCUT2D eigenvalue weighted by molar-refractivity contribution is 7.15. The molecule has 112 valence electrons. The first-order valence-electron chi connectivity index (χ1n) is 7.28. The van der Waals surface area contributed by atoms with Gasteiger partial charge < -0.3 is 0 Å². The Balaban J connectivity index is 1.56. The topological polar surface area (TPSA) is 72.2 Å². The van der Waals surface area contributed by atoms with E-state index in [9.17, 15) is 4.79 Å². The molecular weight excluding hydrogens is 298 g/mol. The number of carbonyl (C=O) groups is 1. The van der Waals surface area contributed by atoms with Gasteiger partial charge in [0, 0.05) is 23.5 Å². The summed E-state index contributed by atoms with van der Waals surface area (Å²) in [5, 5.41) is 3.52. The lowest BCUT2D eigenvalue weighted by molar-refractivity contribution is 0.102. The van der Waals surface area contributed by atoms with Crippen molar-refractivity contribution in [2.75, 3.05) is 5.32 Å². The molecule has 1 N–H and O–H groups in total. The summed E-state index contributed by atoms with van der Waals surface area (Å²) in [7, 11) is 0. The number of nitrogens with one attached hydrogen (secondary N) is 1. The molecule has 7 heteroatoms. The van der Waals surface area contributed by atoms with Crippen LogP contribution in [0.2, 0.25) is 0 Å². The van der Waals surface area contributed by atoms with E-state index in [2.05, 4.69) is 27.2 Å². The van der Waals surface area contributed by atoms with Gasteiger partial charge >= 0.3 is 0 Å². The lowest BCUT2D eigenvalue weighted by Crippen LogP contribution is -2.12. The van der Waals surface area contributed by atoms with Crippen molar-refractivity contribution in [2.24, 2.45) is 5.92 Å². The number of aromatic nitrogens is 4. The maximum Gasteiger partial charge on any atom is 0.277 e. The number of thiazole rings is 1. The smallest absolute Gasteiger partial charge is 0.277 e. The summed E-state index contributed by atoms with van der Waals surface area (Å²) in [6.45, 7) is 2.25. The summed E-state index contributed by atoms with van der Waals surface area (Å²) in [4.78, 5) is 26.5. The van der Waals surface area contributed by atoms with Crippen LogP contribution in [0.25, 0.3) is 5.78 Å². The number of imidazole rings is 1. The summed E-state index contributed by atoms with van der Waals surface area (Å²) >= 11 is 1.58. The first kappa shape index (κ1) is 13.4. The zero-order valence-electron chi connectivity index (χ0n) is 12.1. The summed E-state index contributed by atoms with van der Waals surface area (Å²) < 4.78 is 1.73. The first-order chi connectivity index (χ1) is 10.7. The van der Waals surface area contributed by atoms with Gasteiger partial charge in [0.1, 0.15) is 5.69 Å². The SMILES string of the molecule is CC1CCc2nc(NC(=O)c3cn4cccnc4n3)sc2C1. The maximum absolute atomic E-state index is 12.3. The van der Waals surface area contributed by atoms with E-state index in [-0.39, 0.29) is 5.91 Å². The molecule has 6 nitrogen and oxygen atoms in total. The highest BCUT2D eigenvalue weighted by Crippen LogP contribution is 2.32. The molecule has 0 aliphatic heterocycles. The van der Waals surface area contributed by atoms with Crippen LogP contribution in [0.15, 0.2) is 24.7 Å². The molecule has 1 aliphatic rings. The molecule has 3 heterocycles. The van der Waals surface area contributed by atoms with Crippen LogP contribution in [-0.4, -0.2) is 25.3 Å². The zero-order valence-corrected chi connectivity index (χ0v) is 12.9. The van der Waals surface area contributed by atoms with Gasteiger partial charge in [-0.05, 0) is 31.2 Å². The summed E-state index contributed by atoms with van der Waals surface area (Å²) in [6, 6.07) is 1.80. The number of amides is 1. The number of nitrogens with zero attached hydrogens (tertiary/aromatic N) is 4. The van der Waals surface area contributed by atoms with Gasteiger partial charge in [0.05, 0.1) is 5.69 Å². The van der Waals surface area contributed by atoms with Crippen molar-refractivity contribution in [1.29, 1.82) is 0 Å². The largest absolute Gasteiger partial charge is 0.296 e. The van der Waals surface area contributed by atoms with Crippen LogP contribution < -0.4 is 5.32 Å². The van der Waals surface area contributed by atoms with Crippen LogP contribution in [0.4, 0.5) is 5.13 Å². The number of hydrogen-bond acceptors (Lipinski definition) is 5.